The molecule has 0 aromatic heterocycles. The van der Waals surface area contributed by atoms with Gasteiger partial charge in [0.15, 0.2) is 0 Å². The second-order valence-electron chi connectivity index (χ2n) is 12.0. The molecule has 0 bridgehead atoms. The van der Waals surface area contributed by atoms with E-state index in [1.54, 1.807) is 48.5 Å². The number of allylic oxidation sites excluding steroid dienone is 4. The zero-order valence-electron chi connectivity index (χ0n) is 28.1. The second kappa shape index (κ2) is 18.2. The van der Waals surface area contributed by atoms with Crippen molar-refractivity contribution >= 4 is 53.9 Å². The van der Waals surface area contributed by atoms with Crippen molar-refractivity contribution in [2.75, 3.05) is 0 Å². The normalized spacial score (nSPS) is 16.8. The summed E-state index contributed by atoms with van der Waals surface area (Å²) >= 11 is 0. The Morgan fingerprint density at radius 2 is 0.918 bits per heavy atom. The predicted molar refractivity (Wildman–Crippen MR) is 186 cm³/mol. The van der Waals surface area contributed by atoms with Crippen molar-refractivity contribution in [2.45, 2.75) is 52.1 Å². The summed E-state index contributed by atoms with van der Waals surface area (Å²) in [5.41, 5.74) is 3.94. The number of benzene rings is 2. The minimum atomic E-state index is -2.45. The molecule has 6 N–H and O–H groups in total. The number of carbonyl (C=O) groups excluding carboxylic acids is 6. The molecular formula is C34H40MoN6O6Si2. The van der Waals surface area contributed by atoms with Crippen LogP contribution in [0.25, 0.3) is 0 Å². The minimum absolute atomic E-state index is 0. The first-order valence-corrected chi connectivity index (χ1v) is 21.1. The summed E-state index contributed by atoms with van der Waals surface area (Å²) < 4.78 is 0. The predicted octanol–water partition coefficient (Wildman–Crippen LogP) is 2.07. The van der Waals surface area contributed by atoms with Crippen molar-refractivity contribution in [1.29, 1.82) is 0 Å². The van der Waals surface area contributed by atoms with Crippen LogP contribution in [0.5, 0.6) is 0 Å². The van der Waals surface area contributed by atoms with Gasteiger partial charge in [0.2, 0.25) is 37.5 Å². The number of amides is 6. The van der Waals surface area contributed by atoms with E-state index in [0.29, 0.717) is 48.2 Å². The molecule has 0 saturated carbocycles. The topological polar surface area (TPSA) is 175 Å². The average Bonchev–Trinajstić information content (AvgIpc) is 3.53. The van der Waals surface area contributed by atoms with E-state index in [4.69, 9.17) is 0 Å². The molecule has 6 amide bonds. The van der Waals surface area contributed by atoms with Gasteiger partial charge >= 0.3 is 21.1 Å². The zero-order chi connectivity index (χ0) is 35.5. The van der Waals surface area contributed by atoms with Gasteiger partial charge in [-0.1, -0.05) is 87.8 Å². The van der Waals surface area contributed by atoms with E-state index in [2.05, 4.69) is 43.4 Å². The quantitative estimate of drug-likeness (QED) is 0.0973. The van der Waals surface area contributed by atoms with Crippen LogP contribution in [0.15, 0.2) is 93.6 Å². The van der Waals surface area contributed by atoms with Crippen LogP contribution in [0, 0.1) is 12.2 Å². The molecule has 2 aromatic carbocycles. The molecule has 2 aliphatic rings. The first kappa shape index (κ1) is 40.5. The third kappa shape index (κ3) is 10.2. The summed E-state index contributed by atoms with van der Waals surface area (Å²) in [4.78, 5) is 74.7. The zero-order valence-corrected chi connectivity index (χ0v) is 32.1. The minimum Gasteiger partial charge on any atom is -0.389 e. The molecule has 12 nitrogen and oxygen atoms in total. The molecule has 4 rings (SSSR count). The molecule has 0 saturated heterocycles. The largest absolute Gasteiger partial charge is 2.00 e. The van der Waals surface area contributed by atoms with Crippen LogP contribution in [0.1, 0.15) is 34.6 Å². The molecule has 0 heterocycles. The fourth-order valence-corrected chi connectivity index (χ4v) is 11.3. The van der Waals surface area contributed by atoms with Gasteiger partial charge < -0.3 is 31.2 Å². The van der Waals surface area contributed by atoms with Gasteiger partial charge in [0, 0.05) is 11.1 Å². The Labute approximate surface area is 302 Å². The van der Waals surface area contributed by atoms with Gasteiger partial charge in [0.05, 0.1) is 16.5 Å². The molecule has 0 spiro atoms. The molecule has 0 aliphatic heterocycles. The summed E-state index contributed by atoms with van der Waals surface area (Å²) in [7, 11) is -4.89. The fourth-order valence-electron chi connectivity index (χ4n) is 5.87. The summed E-state index contributed by atoms with van der Waals surface area (Å²) in [6.07, 6.45) is 8.51. The number of hydrogen-bond acceptors (Lipinski definition) is 6. The summed E-state index contributed by atoms with van der Waals surface area (Å²) in [5, 5.41) is 12.3. The van der Waals surface area contributed by atoms with E-state index in [-0.39, 0.29) is 32.9 Å². The molecular weight excluding hydrogens is 741 g/mol. The molecule has 49 heavy (non-hydrogen) atoms. The standard InChI is InChI=1S/2C17H20N3O3Si.Mo/c2*1-12-9-14(18-10-21)15(19-11-22)16(12)24(2,3)20-17(23)13-7-5-4-6-8-13;/h2*4-8,10-11,14H,1-3H3,(H,18,21)(H,19,22)(H,20,23);/q2*-1;+2. The molecule has 2 atom stereocenters. The Morgan fingerprint density at radius 3 is 1.20 bits per heavy atom. The van der Waals surface area contributed by atoms with Crippen LogP contribution in [-0.2, 0) is 40.2 Å². The van der Waals surface area contributed by atoms with Crippen molar-refractivity contribution in [2.24, 2.45) is 0 Å². The molecule has 256 valence electrons. The first-order chi connectivity index (χ1) is 22.8. The fraction of sp³-hybridized carbons (Fsp3) is 0.235. The molecule has 2 unspecified atom stereocenters. The Bertz CT molecular complexity index is 1550. The van der Waals surface area contributed by atoms with Gasteiger partial charge in [-0.25, -0.2) is 23.3 Å². The monoisotopic (exact) mass is 782 g/mol. The maximum absolute atomic E-state index is 12.5. The first-order valence-electron chi connectivity index (χ1n) is 15.1. The van der Waals surface area contributed by atoms with Gasteiger partial charge in [-0.15, -0.1) is 0 Å². The van der Waals surface area contributed by atoms with Crippen LogP contribution in [0.4, 0.5) is 0 Å². The average molecular weight is 781 g/mol. The van der Waals surface area contributed by atoms with Crippen molar-refractivity contribution in [3.63, 3.8) is 0 Å². The Kier molecular flexibility index (Phi) is 15.0. The molecule has 0 fully saturated rings. The number of nitrogens with one attached hydrogen (secondary N) is 6. The number of rotatable bonds is 14. The molecule has 2 aliphatic carbocycles. The summed E-state index contributed by atoms with van der Waals surface area (Å²) in [5.74, 6) is -0.324. The Morgan fingerprint density at radius 1 is 0.592 bits per heavy atom. The summed E-state index contributed by atoms with van der Waals surface area (Å²) in [6, 6.07) is 16.9. The van der Waals surface area contributed by atoms with Crippen LogP contribution in [0.2, 0.25) is 26.2 Å². The van der Waals surface area contributed by atoms with E-state index < -0.39 is 28.6 Å². The van der Waals surface area contributed by atoms with Crippen molar-refractivity contribution < 1.29 is 49.8 Å². The van der Waals surface area contributed by atoms with Crippen LogP contribution >= 0.6 is 0 Å². The van der Waals surface area contributed by atoms with E-state index in [0.717, 1.165) is 21.5 Å². The summed E-state index contributed by atoms with van der Waals surface area (Å²) in [6.45, 7) is 11.6. The maximum atomic E-state index is 12.5. The van der Waals surface area contributed by atoms with E-state index in [1.165, 1.54) is 0 Å². The van der Waals surface area contributed by atoms with Crippen LogP contribution < -0.4 is 31.2 Å². The third-order valence-corrected chi connectivity index (χ3v) is 13.2. The Balaban J connectivity index is 0.000000333. The SMILES string of the molecule is CC1=[C-]C(NC=O)C(NC=O)=C1[Si](C)(C)NC(=O)c1ccccc1.CC1=[C-]C(NC=O)C(NC=O)=C1[Si](C)(C)NC(=O)c1ccccc1.[Mo+2]. The van der Waals surface area contributed by atoms with Crippen molar-refractivity contribution in [3.8, 4) is 0 Å². The third-order valence-electron chi connectivity index (χ3n) is 7.66. The molecule has 2 aromatic rings. The molecule has 15 heteroatoms. The Hall–Kier alpha value is -4.66. The maximum Gasteiger partial charge on any atom is 2.00 e. The second-order valence-corrected chi connectivity index (χ2v) is 20.0. The molecule has 0 radical (unpaired) electrons. The number of carbonyl (C=O) groups is 6. The van der Waals surface area contributed by atoms with Gasteiger partial charge in [-0.05, 0) is 36.3 Å². The van der Waals surface area contributed by atoms with Gasteiger partial charge in [-0.3, -0.25) is 28.8 Å². The van der Waals surface area contributed by atoms with Crippen LogP contribution in [-0.4, -0.2) is 66.0 Å². The van der Waals surface area contributed by atoms with Crippen LogP contribution in [0.3, 0.4) is 0 Å². The van der Waals surface area contributed by atoms with Gasteiger partial charge in [0.25, 0.3) is 0 Å². The number of hydrogen-bond donors (Lipinski definition) is 6. The van der Waals surface area contributed by atoms with Gasteiger partial charge in [-0.2, -0.15) is 10.4 Å². The van der Waals surface area contributed by atoms with Crippen molar-refractivity contribution in [3.05, 3.63) is 117 Å². The van der Waals surface area contributed by atoms with Gasteiger partial charge in [0.1, 0.15) is 0 Å². The van der Waals surface area contributed by atoms with E-state index >= 15 is 0 Å². The van der Waals surface area contributed by atoms with E-state index in [1.807, 2.05) is 52.2 Å². The van der Waals surface area contributed by atoms with Crippen molar-refractivity contribution in [1.82, 2.24) is 31.2 Å². The van der Waals surface area contributed by atoms with E-state index in [9.17, 15) is 28.8 Å². The smallest absolute Gasteiger partial charge is 0.389 e.